The number of nitrogens with zero attached hydrogens (tertiary/aromatic N) is 1. The molecule has 0 unspecified atom stereocenters. The first kappa shape index (κ1) is 15.9. The summed E-state index contributed by atoms with van der Waals surface area (Å²) in [5.41, 5.74) is 5.57. The third-order valence-electron chi connectivity index (χ3n) is 3.94. The lowest BCUT2D eigenvalue weighted by atomic mass is 10.0. The molecule has 3 rings (SSSR count). The Morgan fingerprint density at radius 1 is 1.00 bits per heavy atom. The maximum Gasteiger partial charge on any atom is 0.0405 e. The monoisotopic (exact) mass is 302 g/mol. The maximum atomic E-state index is 3.43. The first-order chi connectivity index (χ1) is 9.83. The second-order valence-electron chi connectivity index (χ2n) is 5.53. The lowest BCUT2D eigenvalue weighted by Crippen LogP contribution is -2.43. The molecule has 1 heterocycles. The Hall–Kier alpha value is -1.51. The van der Waals surface area contributed by atoms with E-state index in [-0.39, 0.29) is 12.4 Å². The number of piperazine rings is 1. The predicted octanol–water partition coefficient (Wildman–Crippen LogP) is 3.42. The van der Waals surface area contributed by atoms with E-state index in [1.165, 1.54) is 22.4 Å². The van der Waals surface area contributed by atoms with Gasteiger partial charge in [-0.1, -0.05) is 42.5 Å². The van der Waals surface area contributed by atoms with E-state index >= 15 is 0 Å². The highest BCUT2D eigenvalue weighted by atomic mass is 35.5. The van der Waals surface area contributed by atoms with Crippen molar-refractivity contribution in [1.29, 1.82) is 0 Å². The molecule has 3 heteroatoms. The van der Waals surface area contributed by atoms with E-state index in [1.807, 2.05) is 0 Å². The SMILES string of the molecule is Cc1ccc(Cc2ccccc2)c(N2CCNCC2)c1.Cl. The molecule has 0 bridgehead atoms. The van der Waals surface area contributed by atoms with Crippen molar-refractivity contribution in [3.63, 3.8) is 0 Å². The van der Waals surface area contributed by atoms with Gasteiger partial charge in [0.25, 0.3) is 0 Å². The minimum atomic E-state index is 0. The largest absolute Gasteiger partial charge is 0.369 e. The number of halogens is 1. The fourth-order valence-electron chi connectivity index (χ4n) is 2.84. The van der Waals surface area contributed by atoms with Crippen LogP contribution in [0.2, 0.25) is 0 Å². The number of nitrogens with one attached hydrogen (secondary N) is 1. The van der Waals surface area contributed by atoms with Crippen molar-refractivity contribution in [1.82, 2.24) is 5.32 Å². The molecule has 2 aromatic carbocycles. The zero-order valence-electron chi connectivity index (χ0n) is 12.5. The molecule has 1 aliphatic heterocycles. The van der Waals surface area contributed by atoms with E-state index in [2.05, 4.69) is 65.7 Å². The van der Waals surface area contributed by atoms with E-state index in [0.29, 0.717) is 0 Å². The number of rotatable bonds is 3. The molecule has 0 radical (unpaired) electrons. The van der Waals surface area contributed by atoms with Gasteiger partial charge in [-0.05, 0) is 36.1 Å². The van der Waals surface area contributed by atoms with Gasteiger partial charge in [-0.25, -0.2) is 0 Å². The Balaban J connectivity index is 0.00000161. The molecule has 0 aliphatic carbocycles. The van der Waals surface area contributed by atoms with Crippen LogP contribution in [0, 0.1) is 6.92 Å². The van der Waals surface area contributed by atoms with Crippen LogP contribution in [0.25, 0.3) is 0 Å². The lowest BCUT2D eigenvalue weighted by Gasteiger charge is -2.31. The average molecular weight is 303 g/mol. The van der Waals surface area contributed by atoms with Crippen molar-refractivity contribution in [3.05, 3.63) is 65.2 Å². The number of hydrogen-bond donors (Lipinski definition) is 1. The number of hydrogen-bond acceptors (Lipinski definition) is 2. The van der Waals surface area contributed by atoms with Gasteiger partial charge < -0.3 is 10.2 Å². The van der Waals surface area contributed by atoms with Gasteiger partial charge in [-0.2, -0.15) is 0 Å². The van der Waals surface area contributed by atoms with Crippen molar-refractivity contribution >= 4 is 18.1 Å². The Kier molecular flexibility index (Phi) is 5.66. The first-order valence-electron chi connectivity index (χ1n) is 7.42. The molecule has 2 nitrogen and oxygen atoms in total. The van der Waals surface area contributed by atoms with E-state index in [1.54, 1.807) is 0 Å². The molecule has 1 N–H and O–H groups in total. The van der Waals surface area contributed by atoms with E-state index < -0.39 is 0 Å². The molecule has 0 saturated carbocycles. The van der Waals surface area contributed by atoms with Gasteiger partial charge >= 0.3 is 0 Å². The molecule has 0 atom stereocenters. The summed E-state index contributed by atoms with van der Waals surface area (Å²) in [7, 11) is 0. The highest BCUT2D eigenvalue weighted by Gasteiger charge is 2.14. The molecule has 21 heavy (non-hydrogen) atoms. The van der Waals surface area contributed by atoms with Crippen molar-refractivity contribution in [2.24, 2.45) is 0 Å². The van der Waals surface area contributed by atoms with Crippen LogP contribution in [0.15, 0.2) is 48.5 Å². The van der Waals surface area contributed by atoms with Crippen LogP contribution in [-0.2, 0) is 6.42 Å². The zero-order valence-corrected chi connectivity index (χ0v) is 13.3. The van der Waals surface area contributed by atoms with Crippen molar-refractivity contribution in [2.75, 3.05) is 31.1 Å². The van der Waals surface area contributed by atoms with Gasteiger partial charge in [-0.3, -0.25) is 0 Å². The second-order valence-corrected chi connectivity index (χ2v) is 5.53. The van der Waals surface area contributed by atoms with Crippen LogP contribution in [0.3, 0.4) is 0 Å². The zero-order chi connectivity index (χ0) is 13.8. The normalized spacial score (nSPS) is 14.6. The van der Waals surface area contributed by atoms with E-state index in [0.717, 1.165) is 32.6 Å². The average Bonchev–Trinajstić information content (AvgIpc) is 2.51. The van der Waals surface area contributed by atoms with Crippen LogP contribution < -0.4 is 10.2 Å². The number of anilines is 1. The standard InChI is InChI=1S/C18H22N2.ClH/c1-15-7-8-17(14-16-5-3-2-4-6-16)18(13-15)20-11-9-19-10-12-20;/h2-8,13,19H,9-12,14H2,1H3;1H. The van der Waals surface area contributed by atoms with Crippen LogP contribution >= 0.6 is 12.4 Å². The third-order valence-corrected chi connectivity index (χ3v) is 3.94. The summed E-state index contributed by atoms with van der Waals surface area (Å²) in [4.78, 5) is 2.52. The molecular weight excluding hydrogens is 280 g/mol. The number of aryl methyl sites for hydroxylation is 1. The van der Waals surface area contributed by atoms with Crippen molar-refractivity contribution in [2.45, 2.75) is 13.3 Å². The highest BCUT2D eigenvalue weighted by molar-refractivity contribution is 5.85. The Labute approximate surface area is 133 Å². The Morgan fingerprint density at radius 3 is 2.43 bits per heavy atom. The quantitative estimate of drug-likeness (QED) is 0.934. The minimum Gasteiger partial charge on any atom is -0.369 e. The summed E-state index contributed by atoms with van der Waals surface area (Å²) < 4.78 is 0. The molecule has 0 spiro atoms. The molecule has 1 fully saturated rings. The molecule has 0 amide bonds. The minimum absolute atomic E-state index is 0. The predicted molar refractivity (Wildman–Crippen MR) is 92.8 cm³/mol. The van der Waals surface area contributed by atoms with Crippen LogP contribution in [0.1, 0.15) is 16.7 Å². The van der Waals surface area contributed by atoms with Crippen LogP contribution in [0.5, 0.6) is 0 Å². The second kappa shape index (κ2) is 7.48. The van der Waals surface area contributed by atoms with Gasteiger partial charge in [-0.15, -0.1) is 12.4 Å². The fraction of sp³-hybridized carbons (Fsp3) is 0.333. The summed E-state index contributed by atoms with van der Waals surface area (Å²) in [6.45, 7) is 6.55. The molecule has 0 aromatic heterocycles. The summed E-state index contributed by atoms with van der Waals surface area (Å²) in [6.07, 6.45) is 1.01. The smallest absolute Gasteiger partial charge is 0.0405 e. The van der Waals surface area contributed by atoms with Gasteiger partial charge in [0.1, 0.15) is 0 Å². The lowest BCUT2D eigenvalue weighted by molar-refractivity contribution is 0.588. The molecular formula is C18H23ClN2. The number of benzene rings is 2. The molecule has 1 aliphatic rings. The van der Waals surface area contributed by atoms with Gasteiger partial charge in [0, 0.05) is 31.9 Å². The summed E-state index contributed by atoms with van der Waals surface area (Å²) in [5.74, 6) is 0. The summed E-state index contributed by atoms with van der Waals surface area (Å²) >= 11 is 0. The first-order valence-corrected chi connectivity index (χ1v) is 7.42. The van der Waals surface area contributed by atoms with Crippen molar-refractivity contribution < 1.29 is 0 Å². The molecule has 2 aromatic rings. The van der Waals surface area contributed by atoms with Crippen LogP contribution in [-0.4, -0.2) is 26.2 Å². The topological polar surface area (TPSA) is 15.3 Å². The molecule has 1 saturated heterocycles. The summed E-state index contributed by atoms with van der Waals surface area (Å²) in [6, 6.07) is 17.6. The van der Waals surface area contributed by atoms with Gasteiger partial charge in [0.2, 0.25) is 0 Å². The third kappa shape index (κ3) is 3.99. The maximum absolute atomic E-state index is 3.43. The van der Waals surface area contributed by atoms with Crippen LogP contribution in [0.4, 0.5) is 5.69 Å². The Bertz CT molecular complexity index is 563. The summed E-state index contributed by atoms with van der Waals surface area (Å²) in [5, 5.41) is 3.43. The van der Waals surface area contributed by atoms with E-state index in [9.17, 15) is 0 Å². The highest BCUT2D eigenvalue weighted by Crippen LogP contribution is 2.25. The van der Waals surface area contributed by atoms with Crippen molar-refractivity contribution in [3.8, 4) is 0 Å². The Morgan fingerprint density at radius 2 is 1.71 bits per heavy atom. The van der Waals surface area contributed by atoms with E-state index in [4.69, 9.17) is 0 Å². The van der Waals surface area contributed by atoms with Gasteiger partial charge in [0.15, 0.2) is 0 Å². The fourth-order valence-corrected chi connectivity index (χ4v) is 2.84. The van der Waals surface area contributed by atoms with Gasteiger partial charge in [0.05, 0.1) is 0 Å². The molecule has 112 valence electrons.